The van der Waals surface area contributed by atoms with E-state index in [1.807, 2.05) is 6.07 Å². The van der Waals surface area contributed by atoms with Gasteiger partial charge in [-0.05, 0) is 48.5 Å². The topological polar surface area (TPSA) is 102 Å². The number of furan rings is 1. The number of benzene rings is 2. The van der Waals surface area contributed by atoms with Crippen molar-refractivity contribution in [3.63, 3.8) is 0 Å². The Morgan fingerprint density at radius 1 is 0.897 bits per heavy atom. The highest BCUT2D eigenvalue weighted by Crippen LogP contribution is 2.19. The minimum absolute atomic E-state index is 0.139. The first-order chi connectivity index (χ1) is 14.1. The Morgan fingerprint density at radius 2 is 1.59 bits per heavy atom. The molecule has 0 bridgehead atoms. The highest BCUT2D eigenvalue weighted by Gasteiger charge is 2.13. The van der Waals surface area contributed by atoms with Crippen LogP contribution < -0.4 is 10.6 Å². The first kappa shape index (κ1) is 18.5. The summed E-state index contributed by atoms with van der Waals surface area (Å²) in [6.07, 6.45) is 2.92. The van der Waals surface area contributed by atoms with Crippen molar-refractivity contribution >= 4 is 34.8 Å². The molecule has 0 unspecified atom stereocenters. The van der Waals surface area contributed by atoms with Crippen LogP contribution in [0.1, 0.15) is 21.0 Å². The summed E-state index contributed by atoms with van der Waals surface area (Å²) in [6.45, 7) is 0. The summed E-state index contributed by atoms with van der Waals surface area (Å²) < 4.78 is 6.48. The van der Waals surface area contributed by atoms with E-state index in [2.05, 4.69) is 20.9 Å². The van der Waals surface area contributed by atoms with Gasteiger partial charge in [0, 0.05) is 11.4 Å². The van der Waals surface area contributed by atoms with Gasteiger partial charge < -0.3 is 15.1 Å². The summed E-state index contributed by atoms with van der Waals surface area (Å²) in [5, 5.41) is 13.8. The first-order valence-corrected chi connectivity index (χ1v) is 8.91. The lowest BCUT2D eigenvalue weighted by Crippen LogP contribution is -2.13. The van der Waals surface area contributed by atoms with Crippen LogP contribution in [-0.4, -0.2) is 26.8 Å². The van der Waals surface area contributed by atoms with Crippen molar-refractivity contribution in [3.8, 4) is 5.69 Å². The van der Waals surface area contributed by atoms with E-state index in [-0.39, 0.29) is 17.4 Å². The number of halogens is 1. The predicted molar refractivity (Wildman–Crippen MR) is 107 cm³/mol. The maximum Gasteiger partial charge on any atom is 0.291 e. The fraction of sp³-hybridized carbons (Fsp3) is 0. The summed E-state index contributed by atoms with van der Waals surface area (Å²) in [4.78, 5) is 24.4. The third-order valence-electron chi connectivity index (χ3n) is 3.97. The molecule has 144 valence electrons. The number of rotatable bonds is 5. The van der Waals surface area contributed by atoms with Crippen LogP contribution in [0.15, 0.2) is 77.5 Å². The van der Waals surface area contributed by atoms with E-state index in [1.165, 1.54) is 17.1 Å². The normalized spacial score (nSPS) is 10.5. The number of amides is 2. The Morgan fingerprint density at radius 3 is 2.24 bits per heavy atom. The Balaban J connectivity index is 1.41. The molecule has 0 atom stereocenters. The van der Waals surface area contributed by atoms with Crippen molar-refractivity contribution in [3.05, 3.63) is 89.6 Å². The van der Waals surface area contributed by atoms with E-state index in [0.29, 0.717) is 22.1 Å². The van der Waals surface area contributed by atoms with Crippen LogP contribution in [0.3, 0.4) is 0 Å². The molecule has 0 spiro atoms. The molecule has 8 nitrogen and oxygen atoms in total. The van der Waals surface area contributed by atoms with Gasteiger partial charge in [0.15, 0.2) is 11.5 Å². The number of anilines is 2. The molecule has 2 aromatic heterocycles. The smallest absolute Gasteiger partial charge is 0.291 e. The number of para-hydroxylation sites is 1. The average Bonchev–Trinajstić information content (AvgIpc) is 3.42. The Bertz CT molecular complexity index is 1150. The maximum atomic E-state index is 12.4. The van der Waals surface area contributed by atoms with Gasteiger partial charge in [-0.3, -0.25) is 9.59 Å². The van der Waals surface area contributed by atoms with E-state index < -0.39 is 5.91 Å². The quantitative estimate of drug-likeness (QED) is 0.520. The molecule has 4 aromatic rings. The van der Waals surface area contributed by atoms with Crippen molar-refractivity contribution in [2.24, 2.45) is 0 Å². The minimum Gasteiger partial charge on any atom is -0.459 e. The number of hydrogen-bond donors (Lipinski definition) is 2. The SMILES string of the molecule is O=C(Nc1ccc(NC(=O)c2ccco2)cc1)c1cn(-c2ccccc2Cl)nn1. The Labute approximate surface area is 170 Å². The molecule has 0 saturated carbocycles. The van der Waals surface area contributed by atoms with E-state index in [4.69, 9.17) is 16.0 Å². The third-order valence-corrected chi connectivity index (χ3v) is 4.29. The molecule has 0 saturated heterocycles. The number of hydrogen-bond acceptors (Lipinski definition) is 5. The number of carbonyl (C=O) groups excluding carboxylic acids is 2. The molecular weight excluding hydrogens is 394 g/mol. The highest BCUT2D eigenvalue weighted by atomic mass is 35.5. The fourth-order valence-corrected chi connectivity index (χ4v) is 2.78. The molecule has 0 aliphatic carbocycles. The fourth-order valence-electron chi connectivity index (χ4n) is 2.56. The van der Waals surface area contributed by atoms with Crippen molar-refractivity contribution in [2.45, 2.75) is 0 Å². The van der Waals surface area contributed by atoms with Gasteiger partial charge in [0.2, 0.25) is 0 Å². The summed E-state index contributed by atoms with van der Waals surface area (Å²) in [6, 6.07) is 17.0. The number of nitrogens with zero attached hydrogens (tertiary/aromatic N) is 3. The lowest BCUT2D eigenvalue weighted by molar-refractivity contribution is 0.0994. The second-order valence-corrected chi connectivity index (χ2v) is 6.37. The highest BCUT2D eigenvalue weighted by molar-refractivity contribution is 6.32. The summed E-state index contributed by atoms with van der Waals surface area (Å²) >= 11 is 6.14. The lowest BCUT2D eigenvalue weighted by Gasteiger charge is -2.06. The molecule has 0 radical (unpaired) electrons. The monoisotopic (exact) mass is 407 g/mol. The summed E-state index contributed by atoms with van der Waals surface area (Å²) in [7, 11) is 0. The lowest BCUT2D eigenvalue weighted by atomic mass is 10.2. The van der Waals surface area contributed by atoms with Gasteiger partial charge in [-0.25, -0.2) is 4.68 Å². The number of carbonyl (C=O) groups is 2. The van der Waals surface area contributed by atoms with Crippen LogP contribution >= 0.6 is 11.6 Å². The molecular formula is C20H14ClN5O3. The van der Waals surface area contributed by atoms with Gasteiger partial charge in [0.1, 0.15) is 0 Å². The number of nitrogens with one attached hydrogen (secondary N) is 2. The van der Waals surface area contributed by atoms with Gasteiger partial charge in [-0.15, -0.1) is 5.10 Å². The Kier molecular flexibility index (Phi) is 5.08. The van der Waals surface area contributed by atoms with Gasteiger partial charge >= 0.3 is 0 Å². The second kappa shape index (κ2) is 7.99. The number of aromatic nitrogens is 3. The molecule has 2 N–H and O–H groups in total. The van der Waals surface area contributed by atoms with Crippen LogP contribution in [0, 0.1) is 0 Å². The van der Waals surface area contributed by atoms with Crippen molar-refractivity contribution < 1.29 is 14.0 Å². The zero-order chi connectivity index (χ0) is 20.2. The molecule has 0 fully saturated rings. The van der Waals surface area contributed by atoms with Crippen LogP contribution in [0.25, 0.3) is 5.69 Å². The van der Waals surface area contributed by atoms with Crippen molar-refractivity contribution in [2.75, 3.05) is 10.6 Å². The Hall–Kier alpha value is -3.91. The van der Waals surface area contributed by atoms with E-state index in [9.17, 15) is 9.59 Å². The third kappa shape index (κ3) is 4.17. The molecule has 9 heteroatoms. The molecule has 29 heavy (non-hydrogen) atoms. The summed E-state index contributed by atoms with van der Waals surface area (Å²) in [5.41, 5.74) is 1.87. The molecule has 2 aromatic carbocycles. The molecule has 0 aliphatic rings. The molecule has 0 aliphatic heterocycles. The minimum atomic E-state index is -0.421. The molecule has 2 amide bonds. The first-order valence-electron chi connectivity index (χ1n) is 8.54. The molecule has 2 heterocycles. The second-order valence-electron chi connectivity index (χ2n) is 5.96. The van der Waals surface area contributed by atoms with Crippen LogP contribution in [0.2, 0.25) is 5.02 Å². The van der Waals surface area contributed by atoms with Gasteiger partial charge in [-0.2, -0.15) is 0 Å². The van der Waals surface area contributed by atoms with E-state index in [0.717, 1.165) is 0 Å². The maximum absolute atomic E-state index is 12.4. The van der Waals surface area contributed by atoms with Gasteiger partial charge in [-0.1, -0.05) is 28.9 Å². The molecule has 4 rings (SSSR count). The van der Waals surface area contributed by atoms with Crippen molar-refractivity contribution in [1.82, 2.24) is 15.0 Å². The van der Waals surface area contributed by atoms with Crippen LogP contribution in [0.5, 0.6) is 0 Å². The van der Waals surface area contributed by atoms with Crippen LogP contribution in [0.4, 0.5) is 11.4 Å². The van der Waals surface area contributed by atoms with Crippen LogP contribution in [-0.2, 0) is 0 Å². The largest absolute Gasteiger partial charge is 0.459 e. The summed E-state index contributed by atoms with van der Waals surface area (Å²) in [5.74, 6) is -0.567. The zero-order valence-corrected chi connectivity index (χ0v) is 15.6. The van der Waals surface area contributed by atoms with E-state index in [1.54, 1.807) is 54.6 Å². The standard InChI is InChI=1S/C20H14ClN5O3/c21-15-4-1-2-5-17(15)26-12-16(24-25-26)19(27)22-13-7-9-14(10-8-13)23-20(28)18-6-3-11-29-18/h1-12H,(H,22,27)(H,23,28). The van der Waals surface area contributed by atoms with Crippen molar-refractivity contribution in [1.29, 1.82) is 0 Å². The van der Waals surface area contributed by atoms with Gasteiger partial charge in [0.25, 0.3) is 11.8 Å². The predicted octanol–water partition coefficient (Wildman–Crippen LogP) is 4.02. The average molecular weight is 408 g/mol. The van der Waals surface area contributed by atoms with Gasteiger partial charge in [0.05, 0.1) is 23.2 Å². The zero-order valence-electron chi connectivity index (χ0n) is 14.9. The van der Waals surface area contributed by atoms with E-state index >= 15 is 0 Å².